The van der Waals surface area contributed by atoms with E-state index in [9.17, 15) is 13.2 Å². The van der Waals surface area contributed by atoms with E-state index in [2.05, 4.69) is 5.32 Å². The number of benzene rings is 1. The van der Waals surface area contributed by atoms with Gasteiger partial charge in [-0.15, -0.1) is 0 Å². The summed E-state index contributed by atoms with van der Waals surface area (Å²) in [5.41, 5.74) is -0.276. The number of hydrogen-bond donors (Lipinski definition) is 1. The highest BCUT2D eigenvalue weighted by atomic mass is 35.5. The lowest BCUT2D eigenvalue weighted by molar-refractivity contribution is -0.138. The monoisotopic (exact) mass is 279 g/mol. The Hall–Kier alpha value is -0.940. The minimum absolute atomic E-state index is 0.0137. The lowest BCUT2D eigenvalue weighted by atomic mass is 9.95. The molecule has 0 aromatic heterocycles. The Morgan fingerprint density at radius 1 is 1.39 bits per heavy atom. The summed E-state index contributed by atoms with van der Waals surface area (Å²) in [7, 11) is 1.25. The van der Waals surface area contributed by atoms with Gasteiger partial charge in [0.2, 0.25) is 0 Å². The van der Waals surface area contributed by atoms with Crippen LogP contribution in [-0.2, 0) is 6.18 Å². The Bertz CT molecular complexity index is 442. The normalized spacial score (nSPS) is 20.2. The molecule has 1 aliphatic heterocycles. The molecule has 0 saturated carbocycles. The van der Waals surface area contributed by atoms with Crippen molar-refractivity contribution in [3.8, 4) is 5.75 Å². The smallest absolute Gasteiger partial charge is 0.420 e. The van der Waals surface area contributed by atoms with Gasteiger partial charge in [-0.1, -0.05) is 11.6 Å². The highest BCUT2D eigenvalue weighted by Crippen LogP contribution is 2.43. The van der Waals surface area contributed by atoms with Crippen LogP contribution in [0.25, 0.3) is 0 Å². The maximum atomic E-state index is 12.9. The van der Waals surface area contributed by atoms with Crippen molar-refractivity contribution in [3.63, 3.8) is 0 Å². The number of methoxy groups -OCH3 is 1. The van der Waals surface area contributed by atoms with E-state index < -0.39 is 11.7 Å². The van der Waals surface area contributed by atoms with Crippen LogP contribution in [0.2, 0.25) is 5.02 Å². The lowest BCUT2D eigenvalue weighted by Crippen LogP contribution is -2.13. The minimum atomic E-state index is -4.46. The van der Waals surface area contributed by atoms with E-state index in [0.717, 1.165) is 19.0 Å². The zero-order valence-electron chi connectivity index (χ0n) is 9.77. The lowest BCUT2D eigenvalue weighted by Gasteiger charge is -2.19. The number of ether oxygens (including phenoxy) is 1. The first kappa shape index (κ1) is 13.5. The van der Waals surface area contributed by atoms with Crippen LogP contribution in [0.1, 0.15) is 23.5 Å². The number of rotatable bonds is 2. The highest BCUT2D eigenvalue weighted by Gasteiger charge is 2.37. The van der Waals surface area contributed by atoms with Crippen molar-refractivity contribution in [1.29, 1.82) is 0 Å². The van der Waals surface area contributed by atoms with Crippen LogP contribution in [0.5, 0.6) is 5.75 Å². The zero-order chi connectivity index (χ0) is 13.3. The number of nitrogens with one attached hydrogen (secondary N) is 1. The van der Waals surface area contributed by atoms with Crippen molar-refractivity contribution in [2.45, 2.75) is 18.5 Å². The summed E-state index contributed by atoms with van der Waals surface area (Å²) in [5.74, 6) is -0.0969. The first-order chi connectivity index (χ1) is 8.43. The third-order valence-electron chi connectivity index (χ3n) is 3.09. The third-order valence-corrected chi connectivity index (χ3v) is 3.31. The predicted octanol–water partition coefficient (Wildman–Crippen LogP) is 3.44. The van der Waals surface area contributed by atoms with Gasteiger partial charge in [-0.25, -0.2) is 0 Å². The second kappa shape index (κ2) is 4.97. The molecule has 2 nitrogen and oxygen atoms in total. The van der Waals surface area contributed by atoms with Crippen molar-refractivity contribution in [2.75, 3.05) is 20.2 Å². The molecule has 1 aliphatic rings. The maximum Gasteiger partial charge on any atom is 0.420 e. The molecule has 1 N–H and O–H groups in total. The van der Waals surface area contributed by atoms with E-state index >= 15 is 0 Å². The molecule has 6 heteroatoms. The van der Waals surface area contributed by atoms with Crippen LogP contribution < -0.4 is 10.1 Å². The highest BCUT2D eigenvalue weighted by molar-refractivity contribution is 6.30. The molecule has 18 heavy (non-hydrogen) atoms. The van der Waals surface area contributed by atoms with Crippen LogP contribution in [0.3, 0.4) is 0 Å². The molecule has 1 heterocycles. The van der Waals surface area contributed by atoms with Gasteiger partial charge in [-0.3, -0.25) is 0 Å². The molecule has 0 radical (unpaired) electrons. The molecular weight excluding hydrogens is 267 g/mol. The summed E-state index contributed by atoms with van der Waals surface area (Å²) in [6.45, 7) is 1.44. The van der Waals surface area contributed by atoms with Gasteiger partial charge in [0.1, 0.15) is 5.75 Å². The average molecular weight is 280 g/mol. The fraction of sp³-hybridized carbons (Fsp3) is 0.500. The summed E-state index contributed by atoms with van der Waals surface area (Å²) in [4.78, 5) is 0. The Labute approximate surface area is 108 Å². The molecule has 2 rings (SSSR count). The summed E-state index contributed by atoms with van der Waals surface area (Å²) in [5, 5.41) is 3.21. The second-order valence-electron chi connectivity index (χ2n) is 4.26. The number of hydrogen-bond acceptors (Lipinski definition) is 2. The van der Waals surface area contributed by atoms with Crippen molar-refractivity contribution in [1.82, 2.24) is 5.32 Å². The Morgan fingerprint density at radius 2 is 2.11 bits per heavy atom. The van der Waals surface area contributed by atoms with Crippen LogP contribution >= 0.6 is 11.6 Å². The number of alkyl halides is 3. The second-order valence-corrected chi connectivity index (χ2v) is 4.70. The molecule has 0 bridgehead atoms. The van der Waals surface area contributed by atoms with Gasteiger partial charge in [-0.05, 0) is 25.1 Å². The van der Waals surface area contributed by atoms with E-state index in [-0.39, 0.29) is 16.7 Å². The molecule has 1 aromatic rings. The van der Waals surface area contributed by atoms with E-state index in [0.29, 0.717) is 12.1 Å². The minimum Gasteiger partial charge on any atom is -0.496 e. The summed E-state index contributed by atoms with van der Waals surface area (Å²) in [6.07, 6.45) is -3.68. The van der Waals surface area contributed by atoms with Gasteiger partial charge in [-0.2, -0.15) is 13.2 Å². The topological polar surface area (TPSA) is 21.3 Å². The van der Waals surface area contributed by atoms with E-state index in [1.54, 1.807) is 6.07 Å². The molecule has 0 amide bonds. The Balaban J connectivity index is 2.54. The maximum absolute atomic E-state index is 12.9. The van der Waals surface area contributed by atoms with Crippen molar-refractivity contribution >= 4 is 11.6 Å². The van der Waals surface area contributed by atoms with Gasteiger partial charge in [0, 0.05) is 23.0 Å². The molecule has 0 spiro atoms. The van der Waals surface area contributed by atoms with Gasteiger partial charge >= 0.3 is 6.18 Å². The summed E-state index contributed by atoms with van der Waals surface area (Å²) < 4.78 is 43.7. The molecule has 100 valence electrons. The van der Waals surface area contributed by atoms with Crippen molar-refractivity contribution < 1.29 is 17.9 Å². The average Bonchev–Trinajstić information content (AvgIpc) is 2.80. The predicted molar refractivity (Wildman–Crippen MR) is 63.2 cm³/mol. The molecule has 1 fully saturated rings. The van der Waals surface area contributed by atoms with Gasteiger partial charge in [0.05, 0.1) is 12.7 Å². The first-order valence-corrected chi connectivity index (χ1v) is 5.96. The van der Waals surface area contributed by atoms with E-state index in [1.165, 1.54) is 7.11 Å². The number of halogens is 4. The largest absolute Gasteiger partial charge is 0.496 e. The van der Waals surface area contributed by atoms with E-state index in [4.69, 9.17) is 16.3 Å². The SMILES string of the molecule is COc1c(C2CCNC2)cc(Cl)cc1C(F)(F)F. The fourth-order valence-electron chi connectivity index (χ4n) is 2.28. The molecule has 0 aliphatic carbocycles. The fourth-order valence-corrected chi connectivity index (χ4v) is 2.50. The zero-order valence-corrected chi connectivity index (χ0v) is 10.5. The van der Waals surface area contributed by atoms with Crippen LogP contribution in [0.4, 0.5) is 13.2 Å². The van der Waals surface area contributed by atoms with Crippen LogP contribution in [-0.4, -0.2) is 20.2 Å². The van der Waals surface area contributed by atoms with Gasteiger partial charge in [0.25, 0.3) is 0 Å². The molecule has 1 saturated heterocycles. The Kier molecular flexibility index (Phi) is 3.73. The molecule has 1 atom stereocenters. The van der Waals surface area contributed by atoms with Crippen LogP contribution in [0.15, 0.2) is 12.1 Å². The van der Waals surface area contributed by atoms with Gasteiger partial charge in [0.15, 0.2) is 0 Å². The summed E-state index contributed by atoms with van der Waals surface area (Å²) in [6, 6.07) is 2.47. The first-order valence-electron chi connectivity index (χ1n) is 5.59. The molecule has 1 aromatic carbocycles. The van der Waals surface area contributed by atoms with E-state index in [1.807, 2.05) is 0 Å². The standard InChI is InChI=1S/C12H13ClF3NO/c1-18-11-9(7-2-3-17-6-7)4-8(13)5-10(11)12(14,15)16/h4-5,7,17H,2-3,6H2,1H3. The third kappa shape index (κ3) is 2.57. The quantitative estimate of drug-likeness (QED) is 0.895. The summed E-state index contributed by atoms with van der Waals surface area (Å²) >= 11 is 5.79. The van der Waals surface area contributed by atoms with Crippen molar-refractivity contribution in [2.24, 2.45) is 0 Å². The molecular formula is C12H13ClF3NO. The van der Waals surface area contributed by atoms with Crippen LogP contribution in [0, 0.1) is 0 Å². The Morgan fingerprint density at radius 3 is 2.61 bits per heavy atom. The molecule has 1 unspecified atom stereocenters. The van der Waals surface area contributed by atoms with Gasteiger partial charge < -0.3 is 10.1 Å². The van der Waals surface area contributed by atoms with Crippen molar-refractivity contribution in [3.05, 3.63) is 28.3 Å².